The van der Waals surface area contributed by atoms with Crippen LogP contribution in [0.2, 0.25) is 0 Å². The van der Waals surface area contributed by atoms with Gasteiger partial charge in [-0.2, -0.15) is 5.26 Å². The number of likely N-dealkylation sites (tertiary alicyclic amines) is 1. The fourth-order valence-electron chi connectivity index (χ4n) is 4.63. The van der Waals surface area contributed by atoms with Gasteiger partial charge in [-0.05, 0) is 79.5 Å². The lowest BCUT2D eigenvalue weighted by atomic mass is 9.91. The smallest absolute Gasteiger partial charge is 0.141 e. The van der Waals surface area contributed by atoms with Gasteiger partial charge in [-0.25, -0.2) is 4.39 Å². The quantitative estimate of drug-likeness (QED) is 0.626. The Kier molecular flexibility index (Phi) is 6.95. The molecule has 1 atom stereocenters. The second-order valence-corrected chi connectivity index (χ2v) is 8.91. The minimum atomic E-state index is -0.436. The van der Waals surface area contributed by atoms with E-state index in [1.807, 2.05) is 12.1 Å². The SMILES string of the molecule is C.CCCN[C@]1(C)CCN(Cc2cccc(-c3ccc(C#N)c(F)c3)c2C2CC2)C1. The lowest BCUT2D eigenvalue weighted by molar-refractivity contribution is 0.286. The number of nitrogens with zero attached hydrogens (tertiary/aromatic N) is 2. The largest absolute Gasteiger partial charge is 0.310 e. The molecule has 0 amide bonds. The topological polar surface area (TPSA) is 39.1 Å². The van der Waals surface area contributed by atoms with Crippen LogP contribution in [0.3, 0.4) is 0 Å². The number of rotatable bonds is 7. The highest BCUT2D eigenvalue weighted by atomic mass is 19.1. The van der Waals surface area contributed by atoms with Gasteiger partial charge in [0, 0.05) is 25.2 Å². The molecule has 0 aromatic heterocycles. The van der Waals surface area contributed by atoms with E-state index in [0.717, 1.165) is 43.7 Å². The summed E-state index contributed by atoms with van der Waals surface area (Å²) in [4.78, 5) is 2.55. The van der Waals surface area contributed by atoms with E-state index in [-0.39, 0.29) is 18.5 Å². The molecule has 2 aromatic rings. The maximum atomic E-state index is 14.3. The van der Waals surface area contributed by atoms with Crippen molar-refractivity contribution in [2.45, 2.75) is 65.0 Å². The number of nitriles is 1. The summed E-state index contributed by atoms with van der Waals surface area (Å²) in [7, 11) is 0. The van der Waals surface area contributed by atoms with Crippen molar-refractivity contribution < 1.29 is 4.39 Å². The van der Waals surface area contributed by atoms with Crippen LogP contribution in [-0.2, 0) is 6.54 Å². The van der Waals surface area contributed by atoms with Crippen LogP contribution in [0.25, 0.3) is 11.1 Å². The lowest BCUT2D eigenvalue weighted by Crippen LogP contribution is -2.44. The maximum absolute atomic E-state index is 14.3. The highest BCUT2D eigenvalue weighted by molar-refractivity contribution is 5.71. The summed E-state index contributed by atoms with van der Waals surface area (Å²) in [6, 6.07) is 13.4. The number of hydrogen-bond donors (Lipinski definition) is 1. The molecule has 4 rings (SSSR count). The summed E-state index contributed by atoms with van der Waals surface area (Å²) < 4.78 is 14.3. The van der Waals surface area contributed by atoms with Crippen molar-refractivity contribution in [1.82, 2.24) is 10.2 Å². The normalized spacial score (nSPS) is 21.3. The third-order valence-electron chi connectivity index (χ3n) is 6.33. The molecule has 1 saturated heterocycles. The zero-order valence-corrected chi connectivity index (χ0v) is 17.5. The Morgan fingerprint density at radius 2 is 2.07 bits per heavy atom. The first kappa shape index (κ1) is 22.5. The molecule has 1 heterocycles. The Labute approximate surface area is 180 Å². The highest BCUT2D eigenvalue weighted by Gasteiger charge is 2.34. The molecule has 2 aliphatic rings. The molecule has 2 fully saturated rings. The molecule has 160 valence electrons. The predicted molar refractivity (Wildman–Crippen MR) is 122 cm³/mol. The summed E-state index contributed by atoms with van der Waals surface area (Å²) in [6.45, 7) is 8.72. The fraction of sp³-hybridized carbons (Fsp3) is 0.500. The van der Waals surface area contributed by atoms with Gasteiger partial charge in [0.1, 0.15) is 11.9 Å². The molecule has 0 bridgehead atoms. The van der Waals surface area contributed by atoms with Crippen LogP contribution in [0.5, 0.6) is 0 Å². The van der Waals surface area contributed by atoms with E-state index in [1.165, 1.54) is 36.5 Å². The van der Waals surface area contributed by atoms with Crippen molar-refractivity contribution >= 4 is 0 Å². The van der Waals surface area contributed by atoms with Crippen molar-refractivity contribution in [3.05, 3.63) is 58.9 Å². The third kappa shape index (κ3) is 4.74. The van der Waals surface area contributed by atoms with Gasteiger partial charge in [-0.1, -0.05) is 38.6 Å². The number of hydrogen-bond acceptors (Lipinski definition) is 3. The molecule has 2 aromatic carbocycles. The molecule has 3 nitrogen and oxygen atoms in total. The zero-order valence-electron chi connectivity index (χ0n) is 17.5. The minimum Gasteiger partial charge on any atom is -0.310 e. The van der Waals surface area contributed by atoms with Crippen LogP contribution in [0, 0.1) is 17.1 Å². The summed E-state index contributed by atoms with van der Waals surface area (Å²) in [5.41, 5.74) is 5.06. The molecule has 4 heteroatoms. The monoisotopic (exact) mass is 407 g/mol. The van der Waals surface area contributed by atoms with E-state index in [9.17, 15) is 4.39 Å². The Morgan fingerprint density at radius 1 is 1.27 bits per heavy atom. The molecule has 30 heavy (non-hydrogen) atoms. The Balaban J connectivity index is 0.00000256. The van der Waals surface area contributed by atoms with Gasteiger partial charge < -0.3 is 5.32 Å². The summed E-state index contributed by atoms with van der Waals surface area (Å²) in [5.74, 6) is 0.140. The van der Waals surface area contributed by atoms with Crippen molar-refractivity contribution in [2.75, 3.05) is 19.6 Å². The second-order valence-electron chi connectivity index (χ2n) is 8.91. The van der Waals surface area contributed by atoms with Crippen molar-refractivity contribution in [2.24, 2.45) is 0 Å². The first-order chi connectivity index (χ1) is 14.0. The van der Waals surface area contributed by atoms with Crippen LogP contribution < -0.4 is 5.32 Å². The van der Waals surface area contributed by atoms with E-state index in [1.54, 1.807) is 6.07 Å². The van der Waals surface area contributed by atoms with Crippen LogP contribution in [0.4, 0.5) is 4.39 Å². The molecule has 0 unspecified atom stereocenters. The maximum Gasteiger partial charge on any atom is 0.141 e. The summed E-state index contributed by atoms with van der Waals surface area (Å²) >= 11 is 0. The summed E-state index contributed by atoms with van der Waals surface area (Å²) in [5, 5.41) is 12.7. The van der Waals surface area contributed by atoms with E-state index in [4.69, 9.17) is 5.26 Å². The molecule has 1 saturated carbocycles. The Bertz CT molecular complexity index is 928. The molecular formula is C26H34FN3. The standard InChI is InChI=1S/C25H30FN3.CH4/c1-3-12-28-25(2)11-13-29(17-25)16-21-5-4-6-22(24(21)18-7-8-18)19-9-10-20(15-27)23(26)14-19;/h4-6,9-10,14,18,28H,3,7-8,11-13,16-17H2,1-2H3;1H4/t25-;/m1./s1. The van der Waals surface area contributed by atoms with Gasteiger partial charge in [0.25, 0.3) is 0 Å². The molecule has 1 aliphatic carbocycles. The van der Waals surface area contributed by atoms with Gasteiger partial charge >= 0.3 is 0 Å². The van der Waals surface area contributed by atoms with Crippen molar-refractivity contribution in [1.29, 1.82) is 5.26 Å². The van der Waals surface area contributed by atoms with Gasteiger partial charge in [0.15, 0.2) is 0 Å². The molecule has 1 aliphatic heterocycles. The number of halogens is 1. The lowest BCUT2D eigenvalue weighted by Gasteiger charge is -2.27. The molecule has 1 N–H and O–H groups in total. The van der Waals surface area contributed by atoms with Crippen LogP contribution in [0.15, 0.2) is 36.4 Å². The first-order valence-electron chi connectivity index (χ1n) is 10.8. The first-order valence-corrected chi connectivity index (χ1v) is 10.8. The average Bonchev–Trinajstić information content (AvgIpc) is 3.49. The van der Waals surface area contributed by atoms with E-state index < -0.39 is 5.82 Å². The van der Waals surface area contributed by atoms with Crippen LogP contribution in [-0.4, -0.2) is 30.1 Å². The fourth-order valence-corrected chi connectivity index (χ4v) is 4.63. The van der Waals surface area contributed by atoms with Gasteiger partial charge in [0.2, 0.25) is 0 Å². The average molecular weight is 408 g/mol. The third-order valence-corrected chi connectivity index (χ3v) is 6.33. The van der Waals surface area contributed by atoms with E-state index in [2.05, 4.69) is 42.3 Å². The molecule has 0 radical (unpaired) electrons. The second kappa shape index (κ2) is 9.29. The van der Waals surface area contributed by atoms with Gasteiger partial charge in [-0.15, -0.1) is 0 Å². The summed E-state index contributed by atoms with van der Waals surface area (Å²) in [6.07, 6.45) is 4.74. The van der Waals surface area contributed by atoms with E-state index >= 15 is 0 Å². The minimum absolute atomic E-state index is 0. The van der Waals surface area contributed by atoms with Gasteiger partial charge in [0.05, 0.1) is 5.56 Å². The highest BCUT2D eigenvalue weighted by Crippen LogP contribution is 2.46. The van der Waals surface area contributed by atoms with Gasteiger partial charge in [-0.3, -0.25) is 4.90 Å². The number of benzene rings is 2. The van der Waals surface area contributed by atoms with Crippen molar-refractivity contribution in [3.8, 4) is 17.2 Å². The van der Waals surface area contributed by atoms with E-state index in [0.29, 0.717) is 5.92 Å². The molecular weight excluding hydrogens is 373 g/mol. The zero-order chi connectivity index (χ0) is 20.4. The molecule has 0 spiro atoms. The predicted octanol–water partition coefficient (Wildman–Crippen LogP) is 5.84. The Morgan fingerprint density at radius 3 is 2.73 bits per heavy atom. The van der Waals surface area contributed by atoms with Crippen LogP contribution in [0.1, 0.15) is 69.6 Å². The van der Waals surface area contributed by atoms with Crippen molar-refractivity contribution in [3.63, 3.8) is 0 Å². The Hall–Kier alpha value is -2.22. The number of nitrogens with one attached hydrogen (secondary N) is 1. The van der Waals surface area contributed by atoms with Crippen LogP contribution >= 0.6 is 0 Å².